The van der Waals surface area contributed by atoms with Gasteiger partial charge in [-0.2, -0.15) is 0 Å². The van der Waals surface area contributed by atoms with Crippen LogP contribution in [0.5, 0.6) is 5.75 Å². The van der Waals surface area contributed by atoms with Crippen LogP contribution in [0.1, 0.15) is 35.8 Å². The molecule has 144 valence electrons. The molecule has 2 heterocycles. The minimum atomic E-state index is -0.0478. The minimum absolute atomic E-state index is 0.0478. The van der Waals surface area contributed by atoms with Gasteiger partial charge < -0.3 is 19.9 Å². The Labute approximate surface area is 161 Å². The molecule has 0 radical (unpaired) electrons. The first-order valence-electron chi connectivity index (χ1n) is 9.13. The number of pyridine rings is 1. The number of aldehydes is 1. The first kappa shape index (κ1) is 18.0. The number of amides is 1. The standard InChI is InChI=1S/C20H20N4O4/c1-3-13-18-16(28-24-13)7-6-14(19(18)27-2)22-15-8-17(21-9-12(15)10-25)23-20(26)11-4-5-11/h6-11H,3-5H2,1-2H3,(H2,21,22,23,26). The second-order valence-electron chi connectivity index (χ2n) is 6.67. The molecule has 8 heteroatoms. The van der Waals surface area contributed by atoms with Crippen molar-refractivity contribution in [2.45, 2.75) is 26.2 Å². The SMILES string of the molecule is CCc1noc2ccc(Nc3cc(NC(=O)C4CC4)ncc3C=O)c(OC)c12. The van der Waals surface area contributed by atoms with Crippen LogP contribution in [0.4, 0.5) is 17.2 Å². The largest absolute Gasteiger partial charge is 0.494 e. The van der Waals surface area contributed by atoms with Crippen LogP contribution >= 0.6 is 0 Å². The summed E-state index contributed by atoms with van der Waals surface area (Å²) in [6, 6.07) is 5.23. The van der Waals surface area contributed by atoms with Crippen LogP contribution in [0.3, 0.4) is 0 Å². The molecule has 1 fully saturated rings. The van der Waals surface area contributed by atoms with Gasteiger partial charge in [0, 0.05) is 18.2 Å². The Balaban J connectivity index is 1.71. The third-order valence-electron chi connectivity index (χ3n) is 4.73. The summed E-state index contributed by atoms with van der Waals surface area (Å²) in [6.45, 7) is 1.99. The minimum Gasteiger partial charge on any atom is -0.494 e. The van der Waals surface area contributed by atoms with Crippen LogP contribution in [0.25, 0.3) is 11.0 Å². The highest BCUT2D eigenvalue weighted by molar-refractivity contribution is 5.97. The van der Waals surface area contributed by atoms with Crippen molar-refractivity contribution in [3.05, 3.63) is 35.7 Å². The fraction of sp³-hybridized carbons (Fsp3) is 0.300. The highest BCUT2D eigenvalue weighted by Crippen LogP contribution is 2.38. The number of hydrogen-bond donors (Lipinski definition) is 2. The molecule has 4 rings (SSSR count). The van der Waals surface area contributed by atoms with Crippen molar-refractivity contribution in [3.8, 4) is 5.75 Å². The van der Waals surface area contributed by atoms with E-state index < -0.39 is 0 Å². The van der Waals surface area contributed by atoms with Gasteiger partial charge in [0.2, 0.25) is 5.91 Å². The lowest BCUT2D eigenvalue weighted by atomic mass is 10.1. The third-order valence-corrected chi connectivity index (χ3v) is 4.73. The van der Waals surface area contributed by atoms with E-state index in [0.29, 0.717) is 46.8 Å². The molecule has 0 atom stereocenters. The van der Waals surface area contributed by atoms with Gasteiger partial charge in [-0.05, 0) is 31.4 Å². The second-order valence-corrected chi connectivity index (χ2v) is 6.67. The summed E-state index contributed by atoms with van der Waals surface area (Å²) in [6.07, 6.45) is 4.64. The first-order valence-corrected chi connectivity index (χ1v) is 9.13. The maximum Gasteiger partial charge on any atom is 0.228 e. The summed E-state index contributed by atoms with van der Waals surface area (Å²) in [5.41, 5.74) is 2.96. The zero-order valence-electron chi connectivity index (χ0n) is 15.6. The Bertz CT molecular complexity index is 1060. The summed E-state index contributed by atoms with van der Waals surface area (Å²) < 4.78 is 11.0. The van der Waals surface area contributed by atoms with Crippen LogP contribution in [0, 0.1) is 5.92 Å². The average molecular weight is 380 g/mol. The van der Waals surface area contributed by atoms with E-state index in [0.717, 1.165) is 23.9 Å². The van der Waals surface area contributed by atoms with Gasteiger partial charge in [-0.15, -0.1) is 0 Å². The Hall–Kier alpha value is -3.42. The number of rotatable bonds is 7. The first-order chi connectivity index (χ1) is 13.6. The van der Waals surface area contributed by atoms with Gasteiger partial charge in [-0.25, -0.2) is 4.98 Å². The fourth-order valence-corrected chi connectivity index (χ4v) is 3.07. The van der Waals surface area contributed by atoms with E-state index in [1.54, 1.807) is 25.3 Å². The maximum absolute atomic E-state index is 12.0. The molecule has 3 aromatic rings. The number of hydrogen-bond acceptors (Lipinski definition) is 7. The van der Waals surface area contributed by atoms with Gasteiger partial charge in [-0.3, -0.25) is 9.59 Å². The van der Waals surface area contributed by atoms with Crippen molar-refractivity contribution in [3.63, 3.8) is 0 Å². The number of carbonyl (C=O) groups is 2. The molecule has 8 nitrogen and oxygen atoms in total. The van der Waals surface area contributed by atoms with Crippen LogP contribution < -0.4 is 15.4 Å². The summed E-state index contributed by atoms with van der Waals surface area (Å²) in [5, 5.41) is 10.9. The Morgan fingerprint density at radius 2 is 2.18 bits per heavy atom. The van der Waals surface area contributed by atoms with Gasteiger partial charge >= 0.3 is 0 Å². The monoisotopic (exact) mass is 380 g/mol. The molecule has 1 aromatic carbocycles. The van der Waals surface area contributed by atoms with Gasteiger partial charge in [-0.1, -0.05) is 12.1 Å². The van der Waals surface area contributed by atoms with E-state index in [2.05, 4.69) is 20.8 Å². The number of nitrogens with one attached hydrogen (secondary N) is 2. The van der Waals surface area contributed by atoms with Gasteiger partial charge in [0.25, 0.3) is 0 Å². The summed E-state index contributed by atoms with van der Waals surface area (Å²) in [5.74, 6) is 0.984. The van der Waals surface area contributed by atoms with Gasteiger partial charge in [0.15, 0.2) is 17.6 Å². The molecule has 0 unspecified atom stereocenters. The van der Waals surface area contributed by atoms with E-state index in [1.807, 2.05) is 6.92 Å². The molecule has 1 saturated carbocycles. The highest BCUT2D eigenvalue weighted by atomic mass is 16.5. The number of anilines is 3. The van der Waals surface area contributed by atoms with E-state index in [9.17, 15) is 9.59 Å². The van der Waals surface area contributed by atoms with Crippen molar-refractivity contribution in [1.82, 2.24) is 10.1 Å². The number of ether oxygens (including phenoxy) is 1. The molecule has 1 aliphatic rings. The van der Waals surface area contributed by atoms with E-state index >= 15 is 0 Å². The Morgan fingerprint density at radius 3 is 2.86 bits per heavy atom. The normalized spacial score (nSPS) is 13.4. The third kappa shape index (κ3) is 3.28. The number of fused-ring (bicyclic) bond motifs is 1. The van der Waals surface area contributed by atoms with Crippen molar-refractivity contribution in [2.24, 2.45) is 5.92 Å². The molecule has 1 aliphatic carbocycles. The molecule has 0 saturated heterocycles. The maximum atomic E-state index is 12.0. The molecule has 1 amide bonds. The number of nitrogens with zero attached hydrogens (tertiary/aromatic N) is 2. The molecule has 28 heavy (non-hydrogen) atoms. The van der Waals surface area contributed by atoms with Crippen LogP contribution in [0.2, 0.25) is 0 Å². The van der Waals surface area contributed by atoms with Crippen molar-refractivity contribution < 1.29 is 18.8 Å². The zero-order valence-corrected chi connectivity index (χ0v) is 15.6. The van der Waals surface area contributed by atoms with E-state index in [-0.39, 0.29) is 11.8 Å². The van der Waals surface area contributed by atoms with Gasteiger partial charge in [0.1, 0.15) is 5.82 Å². The van der Waals surface area contributed by atoms with E-state index in [4.69, 9.17) is 9.26 Å². The zero-order chi connectivity index (χ0) is 19.7. The van der Waals surface area contributed by atoms with Crippen LogP contribution in [0.15, 0.2) is 28.9 Å². The van der Waals surface area contributed by atoms with Crippen molar-refractivity contribution in [2.75, 3.05) is 17.7 Å². The molecule has 0 bridgehead atoms. The summed E-state index contributed by atoms with van der Waals surface area (Å²) >= 11 is 0. The van der Waals surface area contributed by atoms with Crippen LogP contribution in [-0.4, -0.2) is 29.4 Å². The van der Waals surface area contributed by atoms with Crippen LogP contribution in [-0.2, 0) is 11.2 Å². The van der Waals surface area contributed by atoms with E-state index in [1.165, 1.54) is 6.20 Å². The van der Waals surface area contributed by atoms with Gasteiger partial charge in [0.05, 0.1) is 35.1 Å². The fourth-order valence-electron chi connectivity index (χ4n) is 3.07. The molecular weight excluding hydrogens is 360 g/mol. The van der Waals surface area contributed by atoms with Crippen molar-refractivity contribution >= 4 is 40.4 Å². The predicted molar refractivity (Wildman–Crippen MR) is 104 cm³/mol. The smallest absolute Gasteiger partial charge is 0.228 e. The number of carbonyl (C=O) groups excluding carboxylic acids is 2. The average Bonchev–Trinajstić information content (AvgIpc) is 3.48. The molecule has 0 aliphatic heterocycles. The number of aryl methyl sites for hydroxylation is 1. The summed E-state index contributed by atoms with van der Waals surface area (Å²) in [7, 11) is 1.57. The lowest BCUT2D eigenvalue weighted by Crippen LogP contribution is -2.14. The molecule has 2 aromatic heterocycles. The predicted octanol–water partition coefficient (Wildman–Crippen LogP) is 3.70. The molecular formula is C20H20N4O4. The second kappa shape index (κ2) is 7.30. The molecule has 2 N–H and O–H groups in total. The quantitative estimate of drug-likeness (QED) is 0.602. The Kier molecular flexibility index (Phi) is 4.68. The number of methoxy groups -OCH3 is 1. The topological polar surface area (TPSA) is 106 Å². The Morgan fingerprint density at radius 1 is 1.36 bits per heavy atom. The summed E-state index contributed by atoms with van der Waals surface area (Å²) in [4.78, 5) is 27.6. The lowest BCUT2D eigenvalue weighted by molar-refractivity contribution is -0.117. The number of benzene rings is 1. The molecule has 0 spiro atoms. The lowest BCUT2D eigenvalue weighted by Gasteiger charge is -2.14. The number of aromatic nitrogens is 2. The van der Waals surface area contributed by atoms with Crippen molar-refractivity contribution in [1.29, 1.82) is 0 Å². The highest BCUT2D eigenvalue weighted by Gasteiger charge is 2.30.